The summed E-state index contributed by atoms with van der Waals surface area (Å²) in [6.07, 6.45) is 0.678. The van der Waals surface area contributed by atoms with Gasteiger partial charge in [-0.05, 0) is 49.1 Å². The van der Waals surface area contributed by atoms with E-state index in [4.69, 9.17) is 16.6 Å². The van der Waals surface area contributed by atoms with Crippen molar-refractivity contribution in [3.05, 3.63) is 48.0 Å². The molecule has 0 heterocycles. The van der Waals surface area contributed by atoms with Crippen molar-refractivity contribution < 1.29 is 8.42 Å². The zero-order valence-electron chi connectivity index (χ0n) is 14.3. The largest absolute Gasteiger partial charge is 0.397 e. The van der Waals surface area contributed by atoms with Crippen molar-refractivity contribution in [1.82, 2.24) is 0 Å². The molecule has 0 radical (unpaired) electrons. The van der Waals surface area contributed by atoms with Gasteiger partial charge in [0.25, 0.3) is 0 Å². The van der Waals surface area contributed by atoms with Crippen LogP contribution in [0.1, 0.15) is 38.7 Å². The summed E-state index contributed by atoms with van der Waals surface area (Å²) in [7, 11) is -3.66. The summed E-state index contributed by atoms with van der Waals surface area (Å²) in [5.74, 6) is -0.182. The quantitative estimate of drug-likeness (QED) is 0.721. The maximum Gasteiger partial charge on any atom is 0.214 e. The Bertz CT molecular complexity index is 828. The van der Waals surface area contributed by atoms with Gasteiger partial charge in [-0.25, -0.2) is 13.6 Å². The molecule has 2 aromatic carbocycles. The summed E-state index contributed by atoms with van der Waals surface area (Å²) in [5, 5.41) is 5.43. The van der Waals surface area contributed by atoms with E-state index < -0.39 is 14.8 Å². The van der Waals surface area contributed by atoms with Crippen LogP contribution in [-0.2, 0) is 10.0 Å². The molecule has 24 heavy (non-hydrogen) atoms. The van der Waals surface area contributed by atoms with Gasteiger partial charge in [0.2, 0.25) is 10.0 Å². The normalized spacial score (nSPS) is 13.7. The Morgan fingerprint density at radius 1 is 0.958 bits per heavy atom. The monoisotopic (exact) mass is 347 g/mol. The fourth-order valence-corrected chi connectivity index (χ4v) is 3.69. The van der Waals surface area contributed by atoms with E-state index in [0.29, 0.717) is 17.8 Å². The van der Waals surface area contributed by atoms with E-state index in [9.17, 15) is 8.42 Å². The molecule has 0 fully saturated rings. The first-order valence-corrected chi connectivity index (χ1v) is 9.40. The Balaban J connectivity index is 2.39. The summed E-state index contributed by atoms with van der Waals surface area (Å²) in [5.41, 5.74) is 15.6. The highest BCUT2D eigenvalue weighted by Gasteiger charge is 2.39. The molecule has 0 saturated heterocycles. The minimum atomic E-state index is -3.66. The van der Waals surface area contributed by atoms with Crippen LogP contribution < -0.4 is 16.6 Å². The number of nitrogen functional groups attached to an aromatic ring is 2. The van der Waals surface area contributed by atoms with Gasteiger partial charge in [0, 0.05) is 5.92 Å². The van der Waals surface area contributed by atoms with E-state index >= 15 is 0 Å². The molecule has 6 N–H and O–H groups in total. The SMILES string of the molecule is CC[C@H](c1ccc(-c2ccc(N)c(N)c2)cc1)C(C)(C)S(N)(=O)=O. The standard InChI is InChI=1S/C18H25N3O2S/c1-4-15(18(2,3)24(21,22)23)13-7-5-12(6-8-13)14-9-10-16(19)17(20)11-14/h5-11,15H,4,19-20H2,1-3H3,(H2,21,22,23)/t15-/m1/s1. The average Bonchev–Trinajstić information content (AvgIpc) is 2.50. The molecule has 0 aliphatic carbocycles. The molecule has 2 rings (SSSR count). The highest BCUT2D eigenvalue weighted by molar-refractivity contribution is 7.90. The van der Waals surface area contributed by atoms with Crippen LogP contribution in [0.3, 0.4) is 0 Å². The average molecular weight is 347 g/mol. The van der Waals surface area contributed by atoms with Gasteiger partial charge >= 0.3 is 0 Å². The minimum absolute atomic E-state index is 0.182. The smallest absolute Gasteiger partial charge is 0.214 e. The van der Waals surface area contributed by atoms with E-state index in [1.165, 1.54) is 0 Å². The maximum atomic E-state index is 11.9. The highest BCUT2D eigenvalue weighted by Crippen LogP contribution is 2.37. The van der Waals surface area contributed by atoms with Crippen molar-refractivity contribution in [1.29, 1.82) is 0 Å². The van der Waals surface area contributed by atoms with Gasteiger partial charge in [-0.3, -0.25) is 0 Å². The first-order valence-electron chi connectivity index (χ1n) is 7.85. The Morgan fingerprint density at radius 2 is 1.50 bits per heavy atom. The van der Waals surface area contributed by atoms with Gasteiger partial charge in [-0.15, -0.1) is 0 Å². The fraction of sp³-hybridized carbons (Fsp3) is 0.333. The lowest BCUT2D eigenvalue weighted by Gasteiger charge is -2.32. The number of sulfonamides is 1. The molecular formula is C18H25N3O2S. The van der Waals surface area contributed by atoms with Crippen LogP contribution in [0.2, 0.25) is 0 Å². The Kier molecular flexibility index (Phi) is 4.92. The molecule has 0 aliphatic rings. The summed E-state index contributed by atoms with van der Waals surface area (Å²) in [6, 6.07) is 13.3. The molecule has 1 atom stereocenters. The van der Waals surface area contributed by atoms with Crippen molar-refractivity contribution in [2.75, 3.05) is 11.5 Å². The first-order chi connectivity index (χ1) is 11.1. The Labute approximate surface area is 143 Å². The van der Waals surface area contributed by atoms with Crippen LogP contribution >= 0.6 is 0 Å². The third-order valence-corrected chi connectivity index (χ3v) is 6.47. The Morgan fingerprint density at radius 3 is 1.96 bits per heavy atom. The van der Waals surface area contributed by atoms with Crippen molar-refractivity contribution in [2.24, 2.45) is 5.14 Å². The van der Waals surface area contributed by atoms with Crippen molar-refractivity contribution in [2.45, 2.75) is 37.9 Å². The topological polar surface area (TPSA) is 112 Å². The molecule has 0 amide bonds. The lowest BCUT2D eigenvalue weighted by molar-refractivity contribution is 0.475. The van der Waals surface area contributed by atoms with E-state index in [0.717, 1.165) is 16.7 Å². The third kappa shape index (κ3) is 3.39. The van der Waals surface area contributed by atoms with Gasteiger partial charge in [0.1, 0.15) is 0 Å². The maximum absolute atomic E-state index is 11.9. The molecule has 0 spiro atoms. The van der Waals surface area contributed by atoms with Gasteiger partial charge in [-0.2, -0.15) is 0 Å². The number of hydrogen-bond donors (Lipinski definition) is 3. The molecule has 0 unspecified atom stereocenters. The summed E-state index contributed by atoms with van der Waals surface area (Å²) >= 11 is 0. The molecule has 0 aliphatic heterocycles. The van der Waals surface area contributed by atoms with Gasteiger partial charge < -0.3 is 11.5 Å². The van der Waals surface area contributed by atoms with Crippen LogP contribution in [0.25, 0.3) is 11.1 Å². The second kappa shape index (κ2) is 6.45. The molecule has 130 valence electrons. The predicted octanol–water partition coefficient (Wildman–Crippen LogP) is 3.08. The summed E-state index contributed by atoms with van der Waals surface area (Å²) in [4.78, 5) is 0. The second-order valence-electron chi connectivity index (χ2n) is 6.57. The summed E-state index contributed by atoms with van der Waals surface area (Å²) < 4.78 is 22.8. The zero-order chi connectivity index (χ0) is 18.1. The van der Waals surface area contributed by atoms with Crippen molar-refractivity contribution in [3.8, 4) is 11.1 Å². The molecule has 0 saturated carbocycles. The Hall–Kier alpha value is -2.05. The molecule has 0 bridgehead atoms. The van der Waals surface area contributed by atoms with Gasteiger partial charge in [0.05, 0.1) is 16.1 Å². The molecule has 6 heteroatoms. The van der Waals surface area contributed by atoms with Crippen molar-refractivity contribution in [3.63, 3.8) is 0 Å². The van der Waals surface area contributed by atoms with Gasteiger partial charge in [-0.1, -0.05) is 37.3 Å². The highest BCUT2D eigenvalue weighted by atomic mass is 32.2. The zero-order valence-corrected chi connectivity index (χ0v) is 15.1. The molecule has 0 aromatic heterocycles. The van der Waals surface area contributed by atoms with Crippen LogP contribution in [0.15, 0.2) is 42.5 Å². The second-order valence-corrected chi connectivity index (χ2v) is 8.72. The number of nitrogens with two attached hydrogens (primary N) is 3. The van der Waals surface area contributed by atoms with Crippen LogP contribution in [-0.4, -0.2) is 13.2 Å². The fourth-order valence-electron chi connectivity index (χ4n) is 2.99. The van der Waals surface area contributed by atoms with E-state index in [-0.39, 0.29) is 5.92 Å². The number of anilines is 2. The predicted molar refractivity (Wildman–Crippen MR) is 101 cm³/mol. The lowest BCUT2D eigenvalue weighted by Crippen LogP contribution is -2.42. The van der Waals surface area contributed by atoms with Crippen LogP contribution in [0.4, 0.5) is 11.4 Å². The number of primary sulfonamides is 1. The number of benzene rings is 2. The molecule has 5 nitrogen and oxygen atoms in total. The first kappa shape index (κ1) is 18.3. The number of rotatable bonds is 5. The third-order valence-electron chi connectivity index (χ3n) is 4.71. The van der Waals surface area contributed by atoms with Gasteiger partial charge in [0.15, 0.2) is 0 Å². The number of hydrogen-bond acceptors (Lipinski definition) is 4. The minimum Gasteiger partial charge on any atom is -0.397 e. The van der Waals surface area contributed by atoms with E-state index in [1.807, 2.05) is 43.3 Å². The van der Waals surface area contributed by atoms with Crippen LogP contribution in [0, 0.1) is 0 Å². The van der Waals surface area contributed by atoms with Crippen LogP contribution in [0.5, 0.6) is 0 Å². The van der Waals surface area contributed by atoms with Crippen molar-refractivity contribution >= 4 is 21.4 Å². The van der Waals surface area contributed by atoms with E-state index in [1.54, 1.807) is 19.9 Å². The lowest BCUT2D eigenvalue weighted by atomic mass is 9.85. The molecule has 2 aromatic rings. The molecular weight excluding hydrogens is 322 g/mol. The van der Waals surface area contributed by atoms with E-state index in [2.05, 4.69) is 0 Å². The summed E-state index contributed by atoms with van der Waals surface area (Å²) in [6.45, 7) is 5.31.